The van der Waals surface area contributed by atoms with Crippen molar-refractivity contribution in [3.63, 3.8) is 0 Å². The maximum absolute atomic E-state index is 10.5. The molecule has 82 valence electrons. The minimum atomic E-state index is -0.646. The number of rotatable bonds is 4. The van der Waals surface area contributed by atoms with Crippen LogP contribution in [0.4, 0.5) is 0 Å². The molecule has 1 saturated heterocycles. The van der Waals surface area contributed by atoms with Crippen molar-refractivity contribution in [2.45, 2.75) is 33.1 Å². The number of likely N-dealkylation sites (tertiary alicyclic amines) is 1. The molecular weight excluding hydrogens is 178 g/mol. The van der Waals surface area contributed by atoms with Crippen LogP contribution in [0.3, 0.4) is 0 Å². The highest BCUT2D eigenvalue weighted by atomic mass is 16.4. The Morgan fingerprint density at radius 3 is 2.43 bits per heavy atom. The summed E-state index contributed by atoms with van der Waals surface area (Å²) in [6, 6.07) is 0. The van der Waals surface area contributed by atoms with E-state index in [1.54, 1.807) is 0 Å². The van der Waals surface area contributed by atoms with Crippen molar-refractivity contribution < 1.29 is 9.90 Å². The van der Waals surface area contributed by atoms with Crippen LogP contribution in [0.5, 0.6) is 0 Å². The Bertz CT molecular complexity index is 184. The van der Waals surface area contributed by atoms with Gasteiger partial charge in [0.25, 0.3) is 0 Å². The normalized spacial score (nSPS) is 20.2. The van der Waals surface area contributed by atoms with Gasteiger partial charge in [-0.2, -0.15) is 0 Å². The van der Waals surface area contributed by atoms with Gasteiger partial charge in [-0.15, -0.1) is 0 Å². The molecule has 3 nitrogen and oxygen atoms in total. The smallest absolute Gasteiger partial charge is 0.303 e. The van der Waals surface area contributed by atoms with E-state index in [0.29, 0.717) is 18.3 Å². The molecule has 1 aliphatic heterocycles. The highest BCUT2D eigenvalue weighted by Crippen LogP contribution is 2.20. The van der Waals surface area contributed by atoms with Gasteiger partial charge >= 0.3 is 5.97 Å². The molecular formula is C11H21NO2. The van der Waals surface area contributed by atoms with Crippen molar-refractivity contribution in [3.8, 4) is 0 Å². The summed E-state index contributed by atoms with van der Waals surface area (Å²) in [6.45, 7) is 7.76. The second-order valence-electron chi connectivity index (χ2n) is 4.74. The van der Waals surface area contributed by atoms with Crippen molar-refractivity contribution in [2.24, 2.45) is 11.8 Å². The van der Waals surface area contributed by atoms with Crippen LogP contribution >= 0.6 is 0 Å². The third kappa shape index (κ3) is 4.09. The lowest BCUT2D eigenvalue weighted by Gasteiger charge is -2.32. The van der Waals surface area contributed by atoms with Gasteiger partial charge in [0, 0.05) is 13.0 Å². The van der Waals surface area contributed by atoms with Crippen LogP contribution < -0.4 is 0 Å². The van der Waals surface area contributed by atoms with E-state index in [1.165, 1.54) is 0 Å². The van der Waals surface area contributed by atoms with E-state index in [0.717, 1.165) is 32.5 Å². The summed E-state index contributed by atoms with van der Waals surface area (Å²) in [5.74, 6) is 0.481. The van der Waals surface area contributed by atoms with E-state index in [2.05, 4.69) is 18.7 Å². The van der Waals surface area contributed by atoms with Crippen molar-refractivity contribution in [1.29, 1.82) is 0 Å². The SMILES string of the molecule is CC(C)CN1CCC(CC(=O)O)CC1. The number of hydrogen-bond acceptors (Lipinski definition) is 2. The van der Waals surface area contributed by atoms with Gasteiger partial charge in [-0.1, -0.05) is 13.8 Å². The quantitative estimate of drug-likeness (QED) is 0.751. The van der Waals surface area contributed by atoms with E-state index in [4.69, 9.17) is 5.11 Å². The molecule has 0 unspecified atom stereocenters. The molecule has 0 aromatic carbocycles. The zero-order valence-corrected chi connectivity index (χ0v) is 9.20. The lowest BCUT2D eigenvalue weighted by molar-refractivity contribution is -0.138. The first-order valence-electron chi connectivity index (χ1n) is 5.52. The minimum Gasteiger partial charge on any atom is -0.481 e. The molecule has 0 saturated carbocycles. The molecule has 0 amide bonds. The molecule has 3 heteroatoms. The summed E-state index contributed by atoms with van der Waals surface area (Å²) in [6.07, 6.45) is 2.47. The van der Waals surface area contributed by atoms with Crippen molar-refractivity contribution in [1.82, 2.24) is 4.90 Å². The fourth-order valence-corrected chi connectivity index (χ4v) is 2.14. The van der Waals surface area contributed by atoms with Gasteiger partial charge in [0.1, 0.15) is 0 Å². The molecule has 0 atom stereocenters. The van der Waals surface area contributed by atoms with Crippen LogP contribution in [-0.2, 0) is 4.79 Å². The predicted octanol–water partition coefficient (Wildman–Crippen LogP) is 1.83. The topological polar surface area (TPSA) is 40.5 Å². The lowest BCUT2D eigenvalue weighted by atomic mass is 9.93. The molecule has 0 bridgehead atoms. The molecule has 1 heterocycles. The van der Waals surface area contributed by atoms with Crippen LogP contribution in [0.1, 0.15) is 33.1 Å². The lowest BCUT2D eigenvalue weighted by Crippen LogP contribution is -2.36. The average molecular weight is 199 g/mol. The fraction of sp³-hybridized carbons (Fsp3) is 0.909. The third-order valence-electron chi connectivity index (χ3n) is 2.79. The van der Waals surface area contributed by atoms with Gasteiger partial charge < -0.3 is 10.0 Å². The second-order valence-corrected chi connectivity index (χ2v) is 4.74. The summed E-state index contributed by atoms with van der Waals surface area (Å²) in [4.78, 5) is 13.0. The van der Waals surface area contributed by atoms with Gasteiger partial charge in [-0.25, -0.2) is 0 Å². The van der Waals surface area contributed by atoms with Crippen LogP contribution in [0, 0.1) is 11.8 Å². The predicted molar refractivity (Wildman–Crippen MR) is 56.3 cm³/mol. The average Bonchev–Trinajstić information content (AvgIpc) is 2.06. The van der Waals surface area contributed by atoms with E-state index >= 15 is 0 Å². The molecule has 0 aromatic rings. The van der Waals surface area contributed by atoms with Gasteiger partial charge in [-0.05, 0) is 37.8 Å². The molecule has 1 rings (SSSR count). The summed E-state index contributed by atoms with van der Waals surface area (Å²) >= 11 is 0. The first-order chi connectivity index (χ1) is 6.58. The van der Waals surface area contributed by atoms with Gasteiger partial charge in [0.2, 0.25) is 0 Å². The molecule has 0 spiro atoms. The van der Waals surface area contributed by atoms with Crippen molar-refractivity contribution in [3.05, 3.63) is 0 Å². The Kier molecular flexibility index (Phi) is 4.39. The summed E-state index contributed by atoms with van der Waals surface area (Å²) in [5, 5.41) is 8.66. The van der Waals surface area contributed by atoms with Crippen LogP contribution in [0.2, 0.25) is 0 Å². The maximum Gasteiger partial charge on any atom is 0.303 e. The molecule has 1 fully saturated rings. The number of hydrogen-bond donors (Lipinski definition) is 1. The Morgan fingerprint density at radius 2 is 2.00 bits per heavy atom. The summed E-state index contributed by atoms with van der Waals surface area (Å²) in [5.41, 5.74) is 0. The first kappa shape index (κ1) is 11.5. The van der Waals surface area contributed by atoms with Gasteiger partial charge in [0.05, 0.1) is 0 Å². The van der Waals surface area contributed by atoms with E-state index in [9.17, 15) is 4.79 Å². The van der Waals surface area contributed by atoms with Crippen LogP contribution in [-0.4, -0.2) is 35.6 Å². The second kappa shape index (κ2) is 5.35. The number of nitrogens with zero attached hydrogens (tertiary/aromatic N) is 1. The van der Waals surface area contributed by atoms with E-state index < -0.39 is 5.97 Å². The number of carbonyl (C=O) groups is 1. The zero-order chi connectivity index (χ0) is 10.6. The maximum atomic E-state index is 10.5. The molecule has 0 radical (unpaired) electrons. The first-order valence-corrected chi connectivity index (χ1v) is 5.52. The minimum absolute atomic E-state index is 0.357. The Labute approximate surface area is 86.1 Å². The fourth-order valence-electron chi connectivity index (χ4n) is 2.14. The third-order valence-corrected chi connectivity index (χ3v) is 2.79. The number of piperidine rings is 1. The Balaban J connectivity index is 2.21. The van der Waals surface area contributed by atoms with Crippen molar-refractivity contribution in [2.75, 3.05) is 19.6 Å². The van der Waals surface area contributed by atoms with E-state index in [-0.39, 0.29) is 0 Å². The highest BCUT2D eigenvalue weighted by Gasteiger charge is 2.21. The largest absolute Gasteiger partial charge is 0.481 e. The summed E-state index contributed by atoms with van der Waals surface area (Å²) in [7, 11) is 0. The van der Waals surface area contributed by atoms with Gasteiger partial charge in [0.15, 0.2) is 0 Å². The molecule has 0 aromatic heterocycles. The van der Waals surface area contributed by atoms with Crippen LogP contribution in [0.15, 0.2) is 0 Å². The number of aliphatic carboxylic acids is 1. The van der Waals surface area contributed by atoms with E-state index in [1.807, 2.05) is 0 Å². The summed E-state index contributed by atoms with van der Waals surface area (Å²) < 4.78 is 0. The number of carboxylic acid groups (broad SMARTS) is 1. The number of carboxylic acids is 1. The standard InChI is InChI=1S/C11H21NO2/c1-9(2)8-12-5-3-10(4-6-12)7-11(13)14/h9-10H,3-8H2,1-2H3,(H,13,14). The van der Waals surface area contributed by atoms with Crippen molar-refractivity contribution >= 4 is 5.97 Å². The monoisotopic (exact) mass is 199 g/mol. The zero-order valence-electron chi connectivity index (χ0n) is 9.20. The molecule has 14 heavy (non-hydrogen) atoms. The Morgan fingerprint density at radius 1 is 1.43 bits per heavy atom. The highest BCUT2D eigenvalue weighted by molar-refractivity contribution is 5.67. The molecule has 0 aliphatic carbocycles. The van der Waals surface area contributed by atoms with Crippen LogP contribution in [0.25, 0.3) is 0 Å². The Hall–Kier alpha value is -0.570. The van der Waals surface area contributed by atoms with Gasteiger partial charge in [-0.3, -0.25) is 4.79 Å². The molecule has 1 N–H and O–H groups in total. The molecule has 1 aliphatic rings.